The Morgan fingerprint density at radius 1 is 1.27 bits per heavy atom. The highest BCUT2D eigenvalue weighted by atomic mass is 19.1. The Hall–Kier alpha value is -1.83. The zero-order valence-electron chi connectivity index (χ0n) is 15.3. The number of nitrogens with two attached hydrogens (primary N) is 3. The van der Waals surface area contributed by atoms with Crippen LogP contribution in [0.1, 0.15) is 61.7 Å². The Balaban J connectivity index is 0.000000365. The van der Waals surface area contributed by atoms with Crippen LogP contribution in [0.25, 0.3) is 0 Å². The lowest BCUT2D eigenvalue weighted by Gasteiger charge is -2.15. The Labute approximate surface area is 154 Å². The maximum atomic E-state index is 12.2. The maximum Gasteiger partial charge on any atom is 0.320 e. The minimum absolute atomic E-state index is 0.370. The summed E-state index contributed by atoms with van der Waals surface area (Å²) in [6.45, 7) is 0.604. The molecule has 148 valence electrons. The zero-order chi connectivity index (χ0) is 19.8. The van der Waals surface area contributed by atoms with E-state index in [1.165, 1.54) is 50.3 Å². The number of unbranched alkanes of at least 4 members (excludes halogenated alkanes) is 1. The highest BCUT2D eigenvalue weighted by Crippen LogP contribution is 2.14. The summed E-state index contributed by atoms with van der Waals surface area (Å²) in [5, 5.41) is 8.33. The second-order valence-corrected chi connectivity index (χ2v) is 6.30. The maximum absolute atomic E-state index is 12.2. The van der Waals surface area contributed by atoms with E-state index in [1.54, 1.807) is 6.07 Å². The fourth-order valence-electron chi connectivity index (χ4n) is 2.35. The van der Waals surface area contributed by atoms with Gasteiger partial charge in [0.1, 0.15) is 18.1 Å². The summed E-state index contributed by atoms with van der Waals surface area (Å²) in [7, 11) is 0. The lowest BCUT2D eigenvalue weighted by Crippen LogP contribution is -2.29. The number of carbonyl (C=O) groups is 2. The molecule has 0 aliphatic heterocycles. The molecule has 1 aliphatic rings. The number of carboxylic acid groups (broad SMARTS) is 1. The minimum atomic E-state index is -0.933. The molecule has 1 aliphatic carbocycles. The molecule has 1 aromatic rings. The van der Waals surface area contributed by atoms with Crippen LogP contribution in [0.5, 0.6) is 0 Å². The summed E-state index contributed by atoms with van der Waals surface area (Å²) < 4.78 is 12.2. The van der Waals surface area contributed by atoms with Gasteiger partial charge in [-0.1, -0.05) is 37.8 Å². The predicted octanol–water partition coefficient (Wildman–Crippen LogP) is 2.44. The minimum Gasteiger partial charge on any atom is -0.480 e. The van der Waals surface area contributed by atoms with E-state index >= 15 is 0 Å². The van der Waals surface area contributed by atoms with E-state index < -0.39 is 12.0 Å². The standard InChI is InChI=1S/C7H5FO.C6H14N2O2.C6H13N/c8-7-3-1-2-6(4-7)5-9;7-4-2-1-3-5(8)6(9)10;7-6-4-2-1-3-5-6/h1-5H;5H,1-4,7-8H2,(H,9,10);6H,1-5,7H2/t;5-;/m.0./s1. The summed E-state index contributed by atoms with van der Waals surface area (Å²) in [4.78, 5) is 20.1. The fraction of sp³-hybridized carbons (Fsp3) is 0.579. The van der Waals surface area contributed by atoms with E-state index in [0.717, 1.165) is 12.8 Å². The van der Waals surface area contributed by atoms with Crippen LogP contribution < -0.4 is 17.2 Å². The first-order valence-corrected chi connectivity index (χ1v) is 9.05. The first-order valence-electron chi connectivity index (χ1n) is 9.05. The van der Waals surface area contributed by atoms with Crippen LogP contribution in [0.3, 0.4) is 0 Å². The Bertz CT molecular complexity index is 509. The molecule has 0 amide bonds. The van der Waals surface area contributed by atoms with E-state index in [1.807, 2.05) is 0 Å². The molecule has 0 aromatic heterocycles. The van der Waals surface area contributed by atoms with Crippen LogP contribution in [0, 0.1) is 5.82 Å². The van der Waals surface area contributed by atoms with Crippen molar-refractivity contribution in [3.05, 3.63) is 35.6 Å². The summed E-state index contributed by atoms with van der Waals surface area (Å²) in [5.74, 6) is -1.31. The van der Waals surface area contributed by atoms with E-state index in [9.17, 15) is 14.0 Å². The highest BCUT2D eigenvalue weighted by Gasteiger charge is 2.09. The average Bonchev–Trinajstić information content (AvgIpc) is 2.63. The van der Waals surface area contributed by atoms with Gasteiger partial charge in [-0.25, -0.2) is 4.39 Å². The molecule has 0 spiro atoms. The van der Waals surface area contributed by atoms with Crippen molar-refractivity contribution in [3.8, 4) is 0 Å². The molecule has 0 unspecified atom stereocenters. The van der Waals surface area contributed by atoms with Crippen molar-refractivity contribution in [1.82, 2.24) is 0 Å². The molecular weight excluding hydrogens is 337 g/mol. The summed E-state index contributed by atoms with van der Waals surface area (Å²) in [6, 6.07) is 5.36. The van der Waals surface area contributed by atoms with Crippen LogP contribution >= 0.6 is 0 Å². The van der Waals surface area contributed by atoms with Gasteiger partial charge in [0.05, 0.1) is 0 Å². The number of rotatable bonds is 6. The van der Waals surface area contributed by atoms with Crippen LogP contribution in [-0.2, 0) is 4.79 Å². The fourth-order valence-corrected chi connectivity index (χ4v) is 2.35. The molecule has 7 N–H and O–H groups in total. The third-order valence-corrected chi connectivity index (χ3v) is 3.92. The van der Waals surface area contributed by atoms with Gasteiger partial charge < -0.3 is 22.3 Å². The van der Waals surface area contributed by atoms with Gasteiger partial charge in [0.25, 0.3) is 0 Å². The Morgan fingerprint density at radius 2 is 1.92 bits per heavy atom. The molecule has 2 rings (SSSR count). The van der Waals surface area contributed by atoms with Crippen molar-refractivity contribution in [2.45, 2.75) is 63.5 Å². The van der Waals surface area contributed by atoms with Crippen molar-refractivity contribution in [3.63, 3.8) is 0 Å². The van der Waals surface area contributed by atoms with Gasteiger partial charge in [0.2, 0.25) is 0 Å². The van der Waals surface area contributed by atoms with Gasteiger partial charge in [0, 0.05) is 11.6 Å². The highest BCUT2D eigenvalue weighted by molar-refractivity contribution is 5.74. The third kappa shape index (κ3) is 13.5. The van der Waals surface area contributed by atoms with Crippen molar-refractivity contribution in [1.29, 1.82) is 0 Å². The molecule has 1 fully saturated rings. The molecule has 0 saturated heterocycles. The van der Waals surface area contributed by atoms with Crippen molar-refractivity contribution in [2.75, 3.05) is 6.54 Å². The quantitative estimate of drug-likeness (QED) is 0.450. The smallest absolute Gasteiger partial charge is 0.320 e. The van der Waals surface area contributed by atoms with Crippen LogP contribution in [0.4, 0.5) is 4.39 Å². The van der Waals surface area contributed by atoms with Gasteiger partial charge in [-0.15, -0.1) is 0 Å². The number of carbonyl (C=O) groups excluding carboxylic acids is 1. The molecule has 0 heterocycles. The molecule has 26 heavy (non-hydrogen) atoms. The molecular formula is C19H32FN3O3. The monoisotopic (exact) mass is 369 g/mol. The molecule has 0 bridgehead atoms. The second kappa shape index (κ2) is 15.4. The SMILES string of the molecule is NC1CCCCC1.NCCCC[C@H](N)C(=O)O.O=Cc1cccc(F)c1. The van der Waals surface area contributed by atoms with Gasteiger partial charge in [-0.3, -0.25) is 9.59 Å². The summed E-state index contributed by atoms with van der Waals surface area (Å²) in [5.41, 5.74) is 16.4. The first-order chi connectivity index (χ1) is 12.4. The lowest BCUT2D eigenvalue weighted by atomic mass is 9.97. The first kappa shape index (κ1) is 24.2. The number of benzene rings is 1. The van der Waals surface area contributed by atoms with Crippen LogP contribution in [-0.4, -0.2) is 36.0 Å². The molecule has 7 heteroatoms. The molecule has 1 saturated carbocycles. The lowest BCUT2D eigenvalue weighted by molar-refractivity contribution is -0.138. The Morgan fingerprint density at radius 3 is 2.31 bits per heavy atom. The van der Waals surface area contributed by atoms with E-state index in [2.05, 4.69) is 0 Å². The number of aliphatic carboxylic acids is 1. The average molecular weight is 369 g/mol. The van der Waals surface area contributed by atoms with Crippen LogP contribution in [0.15, 0.2) is 24.3 Å². The molecule has 1 aromatic carbocycles. The number of aldehydes is 1. The van der Waals surface area contributed by atoms with Crippen molar-refractivity contribution in [2.24, 2.45) is 17.2 Å². The molecule has 1 atom stereocenters. The summed E-state index contributed by atoms with van der Waals surface area (Å²) in [6.07, 6.45) is 9.44. The largest absolute Gasteiger partial charge is 0.480 e. The predicted molar refractivity (Wildman–Crippen MR) is 101 cm³/mol. The van der Waals surface area contributed by atoms with Crippen molar-refractivity contribution >= 4 is 12.3 Å². The van der Waals surface area contributed by atoms with Gasteiger partial charge in [0.15, 0.2) is 0 Å². The normalized spacial score (nSPS) is 14.9. The summed E-state index contributed by atoms with van der Waals surface area (Å²) >= 11 is 0. The third-order valence-electron chi connectivity index (χ3n) is 3.92. The number of halogens is 1. The number of hydrogen-bond acceptors (Lipinski definition) is 5. The second-order valence-electron chi connectivity index (χ2n) is 6.30. The van der Waals surface area contributed by atoms with E-state index in [4.69, 9.17) is 22.3 Å². The van der Waals surface area contributed by atoms with Gasteiger partial charge in [-0.05, 0) is 44.4 Å². The van der Waals surface area contributed by atoms with E-state index in [-0.39, 0.29) is 5.82 Å². The van der Waals surface area contributed by atoms with Crippen LogP contribution in [0.2, 0.25) is 0 Å². The molecule has 6 nitrogen and oxygen atoms in total. The topological polar surface area (TPSA) is 132 Å². The van der Waals surface area contributed by atoms with Gasteiger partial charge >= 0.3 is 5.97 Å². The number of carboxylic acids is 1. The number of hydrogen-bond donors (Lipinski definition) is 4. The Kier molecular flexibility index (Phi) is 14.3. The van der Waals surface area contributed by atoms with E-state index in [0.29, 0.717) is 30.9 Å². The van der Waals surface area contributed by atoms with Crippen molar-refractivity contribution < 1.29 is 19.1 Å². The zero-order valence-corrected chi connectivity index (χ0v) is 15.3. The molecule has 0 radical (unpaired) electrons. The van der Waals surface area contributed by atoms with Gasteiger partial charge in [-0.2, -0.15) is 0 Å².